The van der Waals surface area contributed by atoms with Crippen LogP contribution in [0.2, 0.25) is 0 Å². The first kappa shape index (κ1) is 11.0. The minimum absolute atomic E-state index is 0.268. The molecule has 0 radical (unpaired) electrons. The summed E-state index contributed by atoms with van der Waals surface area (Å²) in [4.78, 5) is 0. The largest absolute Gasteiger partial charge is 0.386 e. The van der Waals surface area contributed by atoms with Gasteiger partial charge in [0, 0.05) is 19.2 Å². The van der Waals surface area contributed by atoms with E-state index < -0.39 is 6.10 Å². The number of hydrogen-bond donors (Lipinski definition) is 2. The van der Waals surface area contributed by atoms with E-state index in [4.69, 9.17) is 10.5 Å². The lowest BCUT2D eigenvalue weighted by Gasteiger charge is -2.09. The van der Waals surface area contributed by atoms with Gasteiger partial charge in [-0.15, -0.1) is 0 Å². The van der Waals surface area contributed by atoms with Crippen LogP contribution >= 0.6 is 0 Å². The van der Waals surface area contributed by atoms with Crippen molar-refractivity contribution in [2.75, 3.05) is 18.9 Å². The molecule has 3 N–H and O–H groups in total. The average Bonchev–Trinajstić information content (AvgIpc) is 2.48. The number of hydrogen-bond acceptors (Lipinski definition) is 4. The van der Waals surface area contributed by atoms with Crippen LogP contribution in [0, 0.1) is 0 Å². The maximum Gasteiger partial charge on any atom is 0.127 e. The van der Waals surface area contributed by atoms with Gasteiger partial charge >= 0.3 is 0 Å². The summed E-state index contributed by atoms with van der Waals surface area (Å²) >= 11 is 0. The van der Waals surface area contributed by atoms with Gasteiger partial charge in [0.2, 0.25) is 0 Å². The Morgan fingerprint density at radius 3 is 2.93 bits per heavy atom. The van der Waals surface area contributed by atoms with Gasteiger partial charge in [0.15, 0.2) is 0 Å². The second kappa shape index (κ2) is 4.97. The highest BCUT2D eigenvalue weighted by atomic mass is 16.5. The van der Waals surface area contributed by atoms with Crippen LogP contribution in [0.15, 0.2) is 6.20 Å². The molecule has 1 atom stereocenters. The Hall–Kier alpha value is -1.07. The van der Waals surface area contributed by atoms with E-state index in [0.717, 1.165) is 6.42 Å². The molecule has 1 aromatic heterocycles. The summed E-state index contributed by atoms with van der Waals surface area (Å²) in [5.41, 5.74) is 6.32. The van der Waals surface area contributed by atoms with Crippen LogP contribution < -0.4 is 5.73 Å². The fourth-order valence-corrected chi connectivity index (χ4v) is 1.15. The SMILES string of the molecule is CCCOCC(O)c1cnn(C)c1N. The number of anilines is 1. The molecule has 0 aliphatic heterocycles. The number of ether oxygens (including phenoxy) is 1. The monoisotopic (exact) mass is 199 g/mol. The molecule has 0 saturated carbocycles. The van der Waals surface area contributed by atoms with Crippen molar-refractivity contribution in [3.05, 3.63) is 11.8 Å². The first-order chi connectivity index (χ1) is 6.66. The average molecular weight is 199 g/mol. The molecule has 1 unspecified atom stereocenters. The molecule has 14 heavy (non-hydrogen) atoms. The zero-order valence-corrected chi connectivity index (χ0v) is 8.60. The van der Waals surface area contributed by atoms with Gasteiger partial charge in [0.25, 0.3) is 0 Å². The van der Waals surface area contributed by atoms with Crippen LogP contribution in [0.25, 0.3) is 0 Å². The van der Waals surface area contributed by atoms with Crippen LogP contribution in [0.5, 0.6) is 0 Å². The number of rotatable bonds is 5. The van der Waals surface area contributed by atoms with E-state index in [1.807, 2.05) is 6.92 Å². The Bertz CT molecular complexity index is 286. The third-order valence-corrected chi connectivity index (χ3v) is 2.00. The normalized spacial score (nSPS) is 13.1. The number of nitrogen functional groups attached to an aromatic ring is 1. The summed E-state index contributed by atoms with van der Waals surface area (Å²) in [6.07, 6.45) is 1.82. The van der Waals surface area contributed by atoms with Crippen molar-refractivity contribution >= 4 is 5.82 Å². The number of aromatic nitrogens is 2. The molecule has 1 rings (SSSR count). The lowest BCUT2D eigenvalue weighted by Crippen LogP contribution is -2.10. The number of nitrogens with zero attached hydrogens (tertiary/aromatic N) is 2. The maximum absolute atomic E-state index is 9.68. The Morgan fingerprint density at radius 2 is 2.43 bits per heavy atom. The summed E-state index contributed by atoms with van der Waals surface area (Å²) in [5.74, 6) is 0.484. The van der Waals surface area contributed by atoms with E-state index >= 15 is 0 Å². The van der Waals surface area contributed by atoms with Gasteiger partial charge < -0.3 is 15.6 Å². The van der Waals surface area contributed by atoms with Crippen LogP contribution in [0.3, 0.4) is 0 Å². The smallest absolute Gasteiger partial charge is 0.127 e. The third-order valence-electron chi connectivity index (χ3n) is 2.00. The standard InChI is InChI=1S/C9H17N3O2/c1-3-4-14-6-8(13)7-5-11-12(2)9(7)10/h5,8,13H,3-4,6,10H2,1-2H3. The van der Waals surface area contributed by atoms with E-state index in [0.29, 0.717) is 18.0 Å². The summed E-state index contributed by atoms with van der Waals surface area (Å²) in [5, 5.41) is 13.6. The molecule has 0 aromatic carbocycles. The van der Waals surface area contributed by atoms with Gasteiger partial charge in [-0.2, -0.15) is 5.10 Å². The molecule has 0 fully saturated rings. The molecule has 0 saturated heterocycles. The Morgan fingerprint density at radius 1 is 1.71 bits per heavy atom. The van der Waals surface area contributed by atoms with Gasteiger partial charge in [-0.1, -0.05) is 6.92 Å². The Labute approximate surface area is 83.5 Å². The van der Waals surface area contributed by atoms with Crippen molar-refractivity contribution in [2.24, 2.45) is 7.05 Å². The predicted molar refractivity (Wildman–Crippen MR) is 53.7 cm³/mol. The second-order valence-electron chi connectivity index (χ2n) is 3.20. The van der Waals surface area contributed by atoms with Crippen LogP contribution in [-0.2, 0) is 11.8 Å². The van der Waals surface area contributed by atoms with Crippen molar-refractivity contribution in [3.8, 4) is 0 Å². The molecule has 1 heterocycles. The van der Waals surface area contributed by atoms with E-state index in [1.54, 1.807) is 13.2 Å². The Balaban J connectivity index is 2.52. The van der Waals surface area contributed by atoms with Gasteiger partial charge in [-0.25, -0.2) is 0 Å². The highest BCUT2D eigenvalue weighted by Gasteiger charge is 2.14. The maximum atomic E-state index is 9.68. The van der Waals surface area contributed by atoms with E-state index in [-0.39, 0.29) is 6.61 Å². The van der Waals surface area contributed by atoms with Crippen molar-refractivity contribution in [3.63, 3.8) is 0 Å². The van der Waals surface area contributed by atoms with Crippen molar-refractivity contribution in [1.29, 1.82) is 0 Å². The minimum Gasteiger partial charge on any atom is -0.386 e. The van der Waals surface area contributed by atoms with Gasteiger partial charge in [0.1, 0.15) is 11.9 Å². The molecular weight excluding hydrogens is 182 g/mol. The quantitative estimate of drug-likeness (QED) is 0.676. The molecule has 5 nitrogen and oxygen atoms in total. The highest BCUT2D eigenvalue weighted by Crippen LogP contribution is 2.19. The summed E-state index contributed by atoms with van der Waals surface area (Å²) < 4.78 is 6.75. The van der Waals surface area contributed by atoms with Crippen molar-refractivity contribution in [1.82, 2.24) is 9.78 Å². The van der Waals surface area contributed by atoms with Gasteiger partial charge in [-0.3, -0.25) is 4.68 Å². The molecule has 1 aromatic rings. The van der Waals surface area contributed by atoms with Crippen molar-refractivity contribution < 1.29 is 9.84 Å². The summed E-state index contributed by atoms with van der Waals surface area (Å²) in [6.45, 7) is 2.94. The van der Waals surface area contributed by atoms with Gasteiger partial charge in [-0.05, 0) is 6.42 Å². The number of aliphatic hydroxyl groups is 1. The molecular formula is C9H17N3O2. The first-order valence-corrected chi connectivity index (χ1v) is 4.70. The summed E-state index contributed by atoms with van der Waals surface area (Å²) in [7, 11) is 1.73. The van der Waals surface area contributed by atoms with Crippen molar-refractivity contribution in [2.45, 2.75) is 19.4 Å². The molecule has 0 aliphatic carbocycles. The highest BCUT2D eigenvalue weighted by molar-refractivity contribution is 5.39. The zero-order chi connectivity index (χ0) is 10.6. The molecule has 0 amide bonds. The topological polar surface area (TPSA) is 73.3 Å². The number of aliphatic hydroxyl groups excluding tert-OH is 1. The van der Waals surface area contributed by atoms with E-state index in [9.17, 15) is 5.11 Å². The molecule has 0 spiro atoms. The molecule has 0 aliphatic rings. The van der Waals surface area contributed by atoms with Crippen LogP contribution in [0.4, 0.5) is 5.82 Å². The predicted octanol–water partition coefficient (Wildman–Crippen LogP) is 0.462. The van der Waals surface area contributed by atoms with Gasteiger partial charge in [0.05, 0.1) is 12.8 Å². The molecule has 5 heteroatoms. The molecule has 0 bridgehead atoms. The lowest BCUT2D eigenvalue weighted by molar-refractivity contribution is 0.0367. The first-order valence-electron chi connectivity index (χ1n) is 4.70. The zero-order valence-electron chi connectivity index (χ0n) is 8.60. The summed E-state index contributed by atoms with van der Waals surface area (Å²) in [6, 6.07) is 0. The number of nitrogens with two attached hydrogens (primary N) is 1. The lowest BCUT2D eigenvalue weighted by atomic mass is 10.2. The fourth-order valence-electron chi connectivity index (χ4n) is 1.15. The van der Waals surface area contributed by atoms with Crippen LogP contribution in [0.1, 0.15) is 25.0 Å². The fraction of sp³-hybridized carbons (Fsp3) is 0.667. The second-order valence-corrected chi connectivity index (χ2v) is 3.20. The van der Waals surface area contributed by atoms with Crippen LogP contribution in [-0.4, -0.2) is 28.1 Å². The minimum atomic E-state index is -0.685. The Kier molecular flexibility index (Phi) is 3.91. The van der Waals surface area contributed by atoms with E-state index in [1.165, 1.54) is 4.68 Å². The number of aryl methyl sites for hydroxylation is 1. The third kappa shape index (κ3) is 2.46. The molecule has 80 valence electrons. The van der Waals surface area contributed by atoms with E-state index in [2.05, 4.69) is 5.10 Å².